The molecule has 18 nitrogen and oxygen atoms in total. The molecule has 1 fully saturated rings. The molecule has 19 heteroatoms. The van der Waals surface area contributed by atoms with Gasteiger partial charge in [-0.2, -0.15) is 11.8 Å². The van der Waals surface area contributed by atoms with Crippen molar-refractivity contribution >= 4 is 70.0 Å². The molecule has 7 amide bonds. The second-order valence-corrected chi connectivity index (χ2v) is 21.8. The summed E-state index contributed by atoms with van der Waals surface area (Å²) < 4.78 is 0. The van der Waals surface area contributed by atoms with Crippen molar-refractivity contribution in [1.29, 1.82) is 0 Å². The van der Waals surface area contributed by atoms with Crippen LogP contribution in [0.15, 0.2) is 91.1 Å². The van der Waals surface area contributed by atoms with Gasteiger partial charge in [0, 0.05) is 42.9 Å². The lowest BCUT2D eigenvalue weighted by atomic mass is 9.97. The Kier molecular flexibility index (Phi) is 23.4. The van der Waals surface area contributed by atoms with E-state index in [4.69, 9.17) is 5.73 Å². The van der Waals surface area contributed by atoms with E-state index < -0.39 is 102 Å². The van der Waals surface area contributed by atoms with Gasteiger partial charge in [-0.1, -0.05) is 127 Å². The van der Waals surface area contributed by atoms with Crippen molar-refractivity contribution in [1.82, 2.24) is 41.8 Å². The quantitative estimate of drug-likeness (QED) is 0.0368. The van der Waals surface area contributed by atoms with Crippen LogP contribution in [0.4, 0.5) is 0 Å². The highest BCUT2D eigenvalue weighted by Crippen LogP contribution is 2.23. The van der Waals surface area contributed by atoms with Crippen molar-refractivity contribution in [2.75, 3.05) is 18.6 Å². The number of carboxylic acid groups (broad SMARTS) is 1. The molecular weight excluding hydrogens is 987 g/mol. The van der Waals surface area contributed by atoms with E-state index in [0.29, 0.717) is 48.1 Å². The van der Waals surface area contributed by atoms with Crippen LogP contribution in [-0.2, 0) is 57.6 Å². The van der Waals surface area contributed by atoms with Gasteiger partial charge in [0.05, 0.1) is 6.04 Å². The second kappa shape index (κ2) is 29.5. The Morgan fingerprint density at radius 2 is 1.16 bits per heavy atom. The first-order valence-electron chi connectivity index (χ1n) is 26.5. The van der Waals surface area contributed by atoms with Crippen LogP contribution in [-0.4, -0.2) is 129 Å². The standard InChI is InChI=1S/C57H79N9O9S/c1-8-36(6)49(57(74)75)65-54(71)46(32-39-33-59-42-23-16-15-22-40(39)42)62-52(69)44(30-37-18-11-9-12-19-37)61-53(70)45(31-38-20-13-10-14-21-38)63-55(72)48-24-17-26-66(48)56(73)47(29-35(4)5)64-51(68)43(28-34(2)3)60-50(67)41(58)25-27-76-7/h9-16,18-23,33-36,41,43-49,59H,8,17,24-32,58H2,1-7H3,(H,60,67)(H,61,70)(H,62,69)(H,63,72)(H,64,68)(H,65,71)(H,74,75)/t36-,41-,43-,44-,45-,46-,47-,48-,49-/m0/s1. The van der Waals surface area contributed by atoms with Gasteiger partial charge in [0.25, 0.3) is 0 Å². The number of aliphatic carboxylic acids is 1. The van der Waals surface area contributed by atoms with Crippen molar-refractivity contribution < 1.29 is 43.5 Å². The van der Waals surface area contributed by atoms with Gasteiger partial charge in [-0.25, -0.2) is 4.79 Å². The third-order valence-electron chi connectivity index (χ3n) is 13.8. The van der Waals surface area contributed by atoms with E-state index >= 15 is 0 Å². The number of hydrogen-bond acceptors (Lipinski definition) is 10. The molecule has 1 saturated heterocycles. The van der Waals surface area contributed by atoms with Gasteiger partial charge in [0.2, 0.25) is 41.4 Å². The lowest BCUT2D eigenvalue weighted by Gasteiger charge is -2.32. The van der Waals surface area contributed by atoms with Crippen molar-refractivity contribution in [3.05, 3.63) is 108 Å². The van der Waals surface area contributed by atoms with Crippen molar-refractivity contribution in [2.24, 2.45) is 23.5 Å². The monoisotopic (exact) mass is 1070 g/mol. The Hall–Kier alpha value is -6.73. The number of aromatic amines is 1. The molecule has 76 heavy (non-hydrogen) atoms. The molecule has 0 unspecified atom stereocenters. The summed E-state index contributed by atoms with van der Waals surface area (Å²) >= 11 is 1.56. The molecule has 0 spiro atoms. The maximum atomic E-state index is 14.8. The summed E-state index contributed by atoms with van der Waals surface area (Å²) in [4.78, 5) is 117. The van der Waals surface area contributed by atoms with Crippen molar-refractivity contribution in [3.8, 4) is 0 Å². The SMILES string of the molecule is CC[C@H](C)[C@H](NC(=O)[C@H](Cc1c[nH]c2ccccc12)NC(=O)[C@H](Cc1ccccc1)NC(=O)[C@H](Cc1ccccc1)NC(=O)[C@@H]1CCCN1C(=O)[C@H](CC(C)C)NC(=O)[C@H](CC(C)C)NC(=O)[C@@H](N)CCSC)C(=O)O. The van der Waals surface area contributed by atoms with Gasteiger partial charge in [-0.3, -0.25) is 33.6 Å². The molecule has 1 aromatic heterocycles. The highest BCUT2D eigenvalue weighted by atomic mass is 32.2. The van der Waals surface area contributed by atoms with Gasteiger partial charge >= 0.3 is 5.97 Å². The number of nitrogens with one attached hydrogen (secondary N) is 7. The highest BCUT2D eigenvalue weighted by molar-refractivity contribution is 7.98. The minimum absolute atomic E-state index is 0.00642. The molecule has 9 atom stereocenters. The summed E-state index contributed by atoms with van der Waals surface area (Å²) in [5, 5.41) is 27.9. The first kappa shape index (κ1) is 60.1. The molecule has 0 saturated carbocycles. The average Bonchev–Trinajstić information content (AvgIpc) is 4.06. The molecule has 1 aliphatic heterocycles. The number of para-hydroxylation sites is 1. The maximum absolute atomic E-state index is 14.8. The third-order valence-corrected chi connectivity index (χ3v) is 14.5. The summed E-state index contributed by atoms with van der Waals surface area (Å²) in [6.07, 6.45) is 5.80. The zero-order valence-corrected chi connectivity index (χ0v) is 45.8. The number of thioether (sulfide) groups is 1. The number of fused-ring (bicyclic) bond motifs is 1. The van der Waals surface area contributed by atoms with Gasteiger partial charge in [0.1, 0.15) is 42.3 Å². The molecule has 10 N–H and O–H groups in total. The number of H-pyrrole nitrogens is 1. The number of amides is 7. The summed E-state index contributed by atoms with van der Waals surface area (Å²) in [5.41, 5.74) is 9.03. The topological polar surface area (TPSA) is 274 Å². The van der Waals surface area contributed by atoms with Gasteiger partial charge < -0.3 is 52.6 Å². The van der Waals surface area contributed by atoms with E-state index in [1.807, 2.05) is 77.3 Å². The van der Waals surface area contributed by atoms with Crippen molar-refractivity contribution in [2.45, 2.75) is 148 Å². The fraction of sp³-hybridized carbons (Fsp3) is 0.509. The molecule has 4 aromatic rings. The van der Waals surface area contributed by atoms with Crippen LogP contribution in [0, 0.1) is 17.8 Å². The van der Waals surface area contributed by atoms with Crippen LogP contribution < -0.4 is 37.6 Å². The molecule has 412 valence electrons. The number of carboxylic acids is 1. The molecule has 5 rings (SSSR count). The van der Waals surface area contributed by atoms with E-state index in [1.54, 1.807) is 73.4 Å². The number of likely N-dealkylation sites (tertiary alicyclic amines) is 1. The smallest absolute Gasteiger partial charge is 0.326 e. The predicted molar refractivity (Wildman–Crippen MR) is 296 cm³/mol. The predicted octanol–water partition coefficient (Wildman–Crippen LogP) is 4.40. The van der Waals surface area contributed by atoms with Gasteiger partial charge in [-0.05, 0) is 84.6 Å². The Balaban J connectivity index is 1.41. The van der Waals surface area contributed by atoms with E-state index in [0.717, 1.165) is 10.9 Å². The van der Waals surface area contributed by atoms with E-state index in [1.165, 1.54) is 4.90 Å². The minimum Gasteiger partial charge on any atom is -0.480 e. The number of carbonyl (C=O) groups excluding carboxylic acids is 7. The summed E-state index contributed by atoms with van der Waals surface area (Å²) in [5.74, 6) is -5.24. The first-order chi connectivity index (χ1) is 36.3. The third kappa shape index (κ3) is 17.7. The van der Waals surface area contributed by atoms with Gasteiger partial charge in [0.15, 0.2) is 0 Å². The van der Waals surface area contributed by atoms with Gasteiger partial charge in [-0.15, -0.1) is 0 Å². The zero-order valence-electron chi connectivity index (χ0n) is 44.9. The highest BCUT2D eigenvalue weighted by Gasteiger charge is 2.41. The zero-order chi connectivity index (χ0) is 55.5. The van der Waals surface area contributed by atoms with Crippen LogP contribution in [0.3, 0.4) is 0 Å². The number of nitrogens with two attached hydrogens (primary N) is 1. The number of rotatable bonds is 29. The Morgan fingerprint density at radius 3 is 1.72 bits per heavy atom. The Morgan fingerprint density at radius 1 is 0.658 bits per heavy atom. The molecular formula is C57H79N9O9S. The molecule has 2 heterocycles. The fourth-order valence-corrected chi connectivity index (χ4v) is 9.91. The Labute approximate surface area is 451 Å². The number of hydrogen-bond donors (Lipinski definition) is 9. The molecule has 0 aliphatic carbocycles. The Bertz CT molecular complexity index is 2580. The number of benzene rings is 3. The average molecular weight is 1070 g/mol. The maximum Gasteiger partial charge on any atom is 0.326 e. The summed E-state index contributed by atoms with van der Waals surface area (Å²) in [7, 11) is 0. The molecule has 1 aliphatic rings. The summed E-state index contributed by atoms with van der Waals surface area (Å²) in [6, 6.07) is 16.5. The van der Waals surface area contributed by atoms with Crippen LogP contribution >= 0.6 is 11.8 Å². The first-order valence-corrected chi connectivity index (χ1v) is 27.9. The second-order valence-electron chi connectivity index (χ2n) is 20.8. The van der Waals surface area contributed by atoms with E-state index in [-0.39, 0.29) is 50.5 Å². The normalized spacial score (nSPS) is 16.6. The fourth-order valence-electron chi connectivity index (χ4n) is 9.42. The number of nitrogens with zero attached hydrogens (tertiary/aromatic N) is 1. The molecule has 0 radical (unpaired) electrons. The lowest BCUT2D eigenvalue weighted by molar-refractivity contribution is -0.144. The van der Waals surface area contributed by atoms with E-state index in [9.17, 15) is 43.5 Å². The van der Waals surface area contributed by atoms with Crippen LogP contribution in [0.5, 0.6) is 0 Å². The van der Waals surface area contributed by atoms with Crippen LogP contribution in [0.1, 0.15) is 96.8 Å². The minimum atomic E-state index is -1.30. The summed E-state index contributed by atoms with van der Waals surface area (Å²) in [6.45, 7) is 11.4. The lowest BCUT2D eigenvalue weighted by Crippen LogP contribution is -2.61. The largest absolute Gasteiger partial charge is 0.480 e. The number of carbonyl (C=O) groups is 8. The molecule has 0 bridgehead atoms. The number of aromatic nitrogens is 1. The molecule has 3 aromatic carbocycles. The van der Waals surface area contributed by atoms with Crippen LogP contribution in [0.25, 0.3) is 10.9 Å². The van der Waals surface area contributed by atoms with Crippen LogP contribution in [0.2, 0.25) is 0 Å². The van der Waals surface area contributed by atoms with Crippen molar-refractivity contribution in [3.63, 3.8) is 0 Å². The van der Waals surface area contributed by atoms with E-state index in [2.05, 4.69) is 36.9 Å².